The Kier molecular flexibility index (Phi) is 6.53. The Bertz CT molecular complexity index is 907. The van der Waals surface area contributed by atoms with E-state index in [4.69, 9.17) is 4.74 Å². The van der Waals surface area contributed by atoms with Crippen molar-refractivity contribution in [2.45, 2.75) is 52.4 Å². The molecule has 1 N–H and O–H groups in total. The summed E-state index contributed by atoms with van der Waals surface area (Å²) in [7, 11) is 0. The first kappa shape index (κ1) is 21.7. The van der Waals surface area contributed by atoms with E-state index in [1.165, 1.54) is 5.56 Å². The van der Waals surface area contributed by atoms with Crippen LogP contribution in [0, 0.1) is 6.92 Å². The first-order chi connectivity index (χ1) is 14.9. The SMILES string of the molecule is Cc1ccc(C(CNC(C)C)C(=O)N2CCN(c3ncnc4c3[C@@H](C)OC4)CC2)cc1. The summed E-state index contributed by atoms with van der Waals surface area (Å²) in [4.78, 5) is 26.7. The molecule has 166 valence electrons. The van der Waals surface area contributed by atoms with Crippen LogP contribution < -0.4 is 10.2 Å². The number of nitrogens with zero attached hydrogens (tertiary/aromatic N) is 4. The fraction of sp³-hybridized carbons (Fsp3) is 0.542. The molecule has 1 unspecified atom stereocenters. The summed E-state index contributed by atoms with van der Waals surface area (Å²) in [5.74, 6) is 0.978. The van der Waals surface area contributed by atoms with Gasteiger partial charge < -0.3 is 19.9 Å². The summed E-state index contributed by atoms with van der Waals surface area (Å²) in [6, 6.07) is 8.68. The maximum Gasteiger partial charge on any atom is 0.231 e. The molecule has 7 heteroatoms. The van der Waals surface area contributed by atoms with Gasteiger partial charge in [-0.15, -0.1) is 0 Å². The van der Waals surface area contributed by atoms with E-state index in [1.54, 1.807) is 6.33 Å². The molecule has 0 spiro atoms. The topological polar surface area (TPSA) is 70.6 Å². The van der Waals surface area contributed by atoms with E-state index >= 15 is 0 Å². The lowest BCUT2D eigenvalue weighted by Gasteiger charge is -2.38. The van der Waals surface area contributed by atoms with E-state index in [2.05, 4.69) is 65.2 Å². The molecule has 1 aromatic heterocycles. The van der Waals surface area contributed by atoms with Crippen molar-refractivity contribution in [3.63, 3.8) is 0 Å². The van der Waals surface area contributed by atoms with Crippen LogP contribution in [0.4, 0.5) is 5.82 Å². The number of rotatable bonds is 6. The second-order valence-corrected chi connectivity index (χ2v) is 8.85. The second kappa shape index (κ2) is 9.32. The third-order valence-electron chi connectivity index (χ3n) is 6.22. The molecular formula is C24H33N5O2. The summed E-state index contributed by atoms with van der Waals surface area (Å²) in [6.45, 7) is 12.4. The van der Waals surface area contributed by atoms with Gasteiger partial charge in [-0.25, -0.2) is 9.97 Å². The molecule has 3 heterocycles. The van der Waals surface area contributed by atoms with E-state index in [-0.39, 0.29) is 17.9 Å². The molecule has 4 rings (SSSR count). The molecule has 1 saturated heterocycles. The number of anilines is 1. The standard InChI is InChI=1S/C24H33N5O2/c1-16(2)25-13-20(19-7-5-17(3)6-8-19)24(30)29-11-9-28(10-12-29)23-22-18(4)31-14-21(22)26-15-27-23/h5-8,15-16,18,20,25H,9-14H2,1-4H3/t18-,20?/m1/s1. The molecular weight excluding hydrogens is 390 g/mol. The minimum absolute atomic E-state index is 0.0129. The zero-order valence-corrected chi connectivity index (χ0v) is 19.0. The van der Waals surface area contributed by atoms with Crippen LogP contribution in [-0.4, -0.2) is 59.5 Å². The van der Waals surface area contributed by atoms with Gasteiger partial charge in [0.2, 0.25) is 5.91 Å². The smallest absolute Gasteiger partial charge is 0.231 e. The number of nitrogens with one attached hydrogen (secondary N) is 1. The van der Waals surface area contributed by atoms with Crippen LogP contribution in [0.1, 0.15) is 55.2 Å². The van der Waals surface area contributed by atoms with E-state index in [9.17, 15) is 4.79 Å². The van der Waals surface area contributed by atoms with Gasteiger partial charge >= 0.3 is 0 Å². The minimum Gasteiger partial charge on any atom is -0.367 e. The van der Waals surface area contributed by atoms with Gasteiger partial charge in [-0.1, -0.05) is 43.7 Å². The first-order valence-electron chi connectivity index (χ1n) is 11.2. The van der Waals surface area contributed by atoms with Crippen LogP contribution in [0.25, 0.3) is 0 Å². The molecule has 1 aromatic carbocycles. The monoisotopic (exact) mass is 423 g/mol. The lowest BCUT2D eigenvalue weighted by molar-refractivity contribution is -0.133. The fourth-order valence-corrected chi connectivity index (χ4v) is 4.35. The van der Waals surface area contributed by atoms with Crippen molar-refractivity contribution in [2.75, 3.05) is 37.6 Å². The predicted molar refractivity (Wildman–Crippen MR) is 121 cm³/mol. The normalized spacial score (nSPS) is 19.6. The average molecular weight is 424 g/mol. The Morgan fingerprint density at radius 2 is 1.87 bits per heavy atom. The van der Waals surface area contributed by atoms with Crippen molar-refractivity contribution < 1.29 is 9.53 Å². The zero-order valence-electron chi connectivity index (χ0n) is 19.0. The average Bonchev–Trinajstić information content (AvgIpc) is 3.16. The molecule has 0 saturated carbocycles. The highest BCUT2D eigenvalue weighted by Crippen LogP contribution is 2.35. The summed E-state index contributed by atoms with van der Waals surface area (Å²) in [5.41, 5.74) is 4.36. The molecule has 7 nitrogen and oxygen atoms in total. The van der Waals surface area contributed by atoms with Crippen molar-refractivity contribution in [2.24, 2.45) is 0 Å². The molecule has 1 fully saturated rings. The summed E-state index contributed by atoms with van der Waals surface area (Å²) in [5, 5.41) is 3.46. The molecule has 2 aromatic rings. The Morgan fingerprint density at radius 3 is 2.55 bits per heavy atom. The lowest BCUT2D eigenvalue weighted by atomic mass is 9.95. The third-order valence-corrected chi connectivity index (χ3v) is 6.22. The van der Waals surface area contributed by atoms with Crippen LogP contribution in [0.3, 0.4) is 0 Å². The number of hydrogen-bond donors (Lipinski definition) is 1. The van der Waals surface area contributed by atoms with Crippen LogP contribution in [-0.2, 0) is 16.1 Å². The number of aryl methyl sites for hydroxylation is 1. The maximum absolute atomic E-state index is 13.5. The van der Waals surface area contributed by atoms with E-state index in [1.807, 2.05) is 11.8 Å². The van der Waals surface area contributed by atoms with Crippen LogP contribution in [0.5, 0.6) is 0 Å². The van der Waals surface area contributed by atoms with E-state index < -0.39 is 0 Å². The molecule has 31 heavy (non-hydrogen) atoms. The van der Waals surface area contributed by atoms with Gasteiger partial charge in [-0.05, 0) is 19.4 Å². The Labute approximate surface area is 184 Å². The fourth-order valence-electron chi connectivity index (χ4n) is 4.35. The highest BCUT2D eigenvalue weighted by Gasteiger charge is 2.32. The van der Waals surface area contributed by atoms with E-state index in [0.29, 0.717) is 32.3 Å². The van der Waals surface area contributed by atoms with Gasteiger partial charge in [0.05, 0.1) is 24.3 Å². The van der Waals surface area contributed by atoms with Gasteiger partial charge in [0.15, 0.2) is 0 Å². The Balaban J connectivity index is 1.46. The molecule has 1 amide bonds. The van der Waals surface area contributed by atoms with Crippen molar-refractivity contribution >= 4 is 11.7 Å². The largest absolute Gasteiger partial charge is 0.367 e. The number of hydrogen-bond acceptors (Lipinski definition) is 6. The maximum atomic E-state index is 13.5. The zero-order chi connectivity index (χ0) is 22.0. The molecule has 2 atom stereocenters. The molecule has 0 bridgehead atoms. The van der Waals surface area contributed by atoms with Crippen molar-refractivity contribution in [1.82, 2.24) is 20.2 Å². The van der Waals surface area contributed by atoms with Gasteiger partial charge in [-0.3, -0.25) is 4.79 Å². The van der Waals surface area contributed by atoms with Crippen LogP contribution >= 0.6 is 0 Å². The first-order valence-corrected chi connectivity index (χ1v) is 11.2. The summed E-state index contributed by atoms with van der Waals surface area (Å²) >= 11 is 0. The number of carbonyl (C=O) groups is 1. The summed E-state index contributed by atoms with van der Waals surface area (Å²) < 4.78 is 5.75. The van der Waals surface area contributed by atoms with Gasteiger partial charge in [0.1, 0.15) is 12.1 Å². The lowest BCUT2D eigenvalue weighted by Crippen LogP contribution is -2.51. The Morgan fingerprint density at radius 1 is 1.16 bits per heavy atom. The van der Waals surface area contributed by atoms with E-state index in [0.717, 1.165) is 35.7 Å². The molecule has 0 radical (unpaired) electrons. The number of ether oxygens (including phenoxy) is 1. The van der Waals surface area contributed by atoms with Crippen molar-refractivity contribution in [3.8, 4) is 0 Å². The van der Waals surface area contributed by atoms with Gasteiger partial charge in [-0.2, -0.15) is 0 Å². The number of benzene rings is 1. The summed E-state index contributed by atoms with van der Waals surface area (Å²) in [6.07, 6.45) is 1.64. The van der Waals surface area contributed by atoms with Crippen LogP contribution in [0.2, 0.25) is 0 Å². The molecule has 2 aliphatic heterocycles. The number of piperazine rings is 1. The minimum atomic E-state index is -0.175. The Hall–Kier alpha value is -2.51. The highest BCUT2D eigenvalue weighted by atomic mass is 16.5. The third kappa shape index (κ3) is 4.72. The highest BCUT2D eigenvalue weighted by molar-refractivity contribution is 5.84. The van der Waals surface area contributed by atoms with Crippen molar-refractivity contribution in [3.05, 3.63) is 53.0 Å². The quantitative estimate of drug-likeness (QED) is 0.771. The van der Waals surface area contributed by atoms with Gasteiger partial charge in [0.25, 0.3) is 0 Å². The number of aromatic nitrogens is 2. The van der Waals surface area contributed by atoms with Crippen LogP contribution in [0.15, 0.2) is 30.6 Å². The molecule has 0 aliphatic carbocycles. The number of carbonyl (C=O) groups excluding carboxylic acids is 1. The number of amides is 1. The van der Waals surface area contributed by atoms with Crippen molar-refractivity contribution in [1.29, 1.82) is 0 Å². The number of fused-ring (bicyclic) bond motifs is 1. The van der Waals surface area contributed by atoms with Gasteiger partial charge in [0, 0.05) is 44.3 Å². The second-order valence-electron chi connectivity index (χ2n) is 8.85. The predicted octanol–water partition coefficient (Wildman–Crippen LogP) is 2.81. The molecule has 2 aliphatic rings.